The lowest BCUT2D eigenvalue weighted by Gasteiger charge is -2.05. The maximum absolute atomic E-state index is 13.0. The average molecular weight is 371 g/mol. The number of carbonyl (C=O) groups excluding carboxylic acids is 2. The van der Waals surface area contributed by atoms with Gasteiger partial charge in [-0.3, -0.25) is 4.79 Å². The van der Waals surface area contributed by atoms with Gasteiger partial charge in [0.15, 0.2) is 0 Å². The summed E-state index contributed by atoms with van der Waals surface area (Å²) in [5.41, 5.74) is 1.18. The Morgan fingerprint density at radius 1 is 1.15 bits per heavy atom. The summed E-state index contributed by atoms with van der Waals surface area (Å²) in [5, 5.41) is 6.51. The Labute approximate surface area is 152 Å². The third-order valence-electron chi connectivity index (χ3n) is 3.58. The summed E-state index contributed by atoms with van der Waals surface area (Å²) in [7, 11) is 1.27. The predicted octanol–water partition coefficient (Wildman–Crippen LogP) is 2.07. The number of ether oxygens (including phenoxy) is 1. The van der Waals surface area contributed by atoms with Gasteiger partial charge in [-0.2, -0.15) is 4.68 Å². The Morgan fingerprint density at radius 3 is 2.44 bits per heavy atom. The number of amides is 1. The molecule has 138 valence electrons. The highest BCUT2D eigenvalue weighted by molar-refractivity contribution is 5.92. The van der Waals surface area contributed by atoms with Crippen molar-refractivity contribution in [2.24, 2.45) is 0 Å². The molecular formula is C18H14FN3O5. The number of aromatic nitrogens is 2. The number of hydrogen-bond donors (Lipinski definition) is 1. The van der Waals surface area contributed by atoms with Crippen LogP contribution >= 0.6 is 0 Å². The van der Waals surface area contributed by atoms with Crippen LogP contribution in [0.2, 0.25) is 0 Å². The summed E-state index contributed by atoms with van der Waals surface area (Å²) in [4.78, 5) is 35.3. The van der Waals surface area contributed by atoms with E-state index in [-0.39, 0.29) is 12.4 Å². The van der Waals surface area contributed by atoms with E-state index in [4.69, 9.17) is 4.42 Å². The maximum atomic E-state index is 13.0. The van der Waals surface area contributed by atoms with Crippen molar-refractivity contribution in [3.05, 3.63) is 70.5 Å². The van der Waals surface area contributed by atoms with E-state index in [1.54, 1.807) is 0 Å². The SMILES string of the molecule is COC(=O)c1ccc(NC(=O)Cn2nc(-c3ccc(F)cc3)oc2=O)cc1. The van der Waals surface area contributed by atoms with Gasteiger partial charge in [-0.15, -0.1) is 5.10 Å². The number of esters is 1. The van der Waals surface area contributed by atoms with Crippen LogP contribution in [-0.4, -0.2) is 28.8 Å². The molecule has 1 heterocycles. The summed E-state index contributed by atoms with van der Waals surface area (Å²) in [6.45, 7) is -0.373. The Kier molecular flexibility index (Phi) is 5.11. The fraction of sp³-hybridized carbons (Fsp3) is 0.111. The molecule has 0 saturated heterocycles. The van der Waals surface area contributed by atoms with E-state index < -0.39 is 23.4 Å². The van der Waals surface area contributed by atoms with Gasteiger partial charge in [-0.1, -0.05) is 0 Å². The largest absolute Gasteiger partial charge is 0.465 e. The van der Waals surface area contributed by atoms with Crippen LogP contribution in [0.15, 0.2) is 57.7 Å². The highest BCUT2D eigenvalue weighted by Gasteiger charge is 2.14. The smallest absolute Gasteiger partial charge is 0.437 e. The van der Waals surface area contributed by atoms with E-state index >= 15 is 0 Å². The second-order valence-electron chi connectivity index (χ2n) is 5.45. The van der Waals surface area contributed by atoms with Gasteiger partial charge in [0, 0.05) is 11.3 Å². The molecule has 1 N–H and O–H groups in total. The Morgan fingerprint density at radius 2 is 1.81 bits per heavy atom. The van der Waals surface area contributed by atoms with Gasteiger partial charge in [0.25, 0.3) is 0 Å². The van der Waals surface area contributed by atoms with Gasteiger partial charge in [0.05, 0.1) is 12.7 Å². The van der Waals surface area contributed by atoms with Gasteiger partial charge in [0.2, 0.25) is 11.8 Å². The monoisotopic (exact) mass is 371 g/mol. The molecule has 0 spiro atoms. The van der Waals surface area contributed by atoms with Gasteiger partial charge < -0.3 is 14.5 Å². The first-order valence-corrected chi connectivity index (χ1v) is 7.78. The van der Waals surface area contributed by atoms with Crippen molar-refractivity contribution in [3.8, 4) is 11.5 Å². The van der Waals surface area contributed by atoms with Crippen molar-refractivity contribution >= 4 is 17.6 Å². The normalized spacial score (nSPS) is 10.4. The fourth-order valence-electron chi connectivity index (χ4n) is 2.26. The molecule has 0 fully saturated rings. The summed E-state index contributed by atoms with van der Waals surface area (Å²) >= 11 is 0. The summed E-state index contributed by atoms with van der Waals surface area (Å²) in [6.07, 6.45) is 0. The fourth-order valence-corrected chi connectivity index (χ4v) is 2.26. The molecule has 0 bridgehead atoms. The van der Waals surface area contributed by atoms with Crippen LogP contribution in [-0.2, 0) is 16.1 Å². The second kappa shape index (κ2) is 7.65. The van der Waals surface area contributed by atoms with Crippen molar-refractivity contribution < 1.29 is 23.1 Å². The third kappa shape index (κ3) is 4.27. The van der Waals surface area contributed by atoms with E-state index in [9.17, 15) is 18.8 Å². The van der Waals surface area contributed by atoms with Crippen LogP contribution in [0.5, 0.6) is 0 Å². The molecular weight excluding hydrogens is 357 g/mol. The molecule has 2 aromatic carbocycles. The molecule has 0 aliphatic heterocycles. The Bertz CT molecular complexity index is 1020. The van der Waals surface area contributed by atoms with Crippen LogP contribution < -0.4 is 11.1 Å². The lowest BCUT2D eigenvalue weighted by Crippen LogP contribution is -2.25. The van der Waals surface area contributed by atoms with Crippen LogP contribution in [0.4, 0.5) is 10.1 Å². The van der Waals surface area contributed by atoms with Crippen LogP contribution in [0.1, 0.15) is 10.4 Å². The lowest BCUT2D eigenvalue weighted by molar-refractivity contribution is -0.117. The molecule has 1 amide bonds. The standard InChI is InChI=1S/C18H14FN3O5/c1-26-17(24)12-4-8-14(9-5-12)20-15(23)10-22-18(25)27-16(21-22)11-2-6-13(19)7-3-11/h2-9H,10H2,1H3,(H,20,23). The number of anilines is 1. The summed E-state index contributed by atoms with van der Waals surface area (Å²) in [5.74, 6) is -2.27. The summed E-state index contributed by atoms with van der Waals surface area (Å²) in [6, 6.07) is 11.3. The van der Waals surface area contributed by atoms with E-state index in [1.807, 2.05) is 0 Å². The summed E-state index contributed by atoms with van der Waals surface area (Å²) < 4.78 is 23.4. The molecule has 0 unspecified atom stereocenters. The van der Waals surface area contributed by atoms with E-state index in [0.29, 0.717) is 16.8 Å². The van der Waals surface area contributed by atoms with E-state index in [1.165, 1.54) is 55.6 Å². The highest BCUT2D eigenvalue weighted by atomic mass is 19.1. The zero-order valence-electron chi connectivity index (χ0n) is 14.1. The molecule has 1 aromatic heterocycles. The van der Waals surface area contributed by atoms with Crippen LogP contribution in [0.3, 0.4) is 0 Å². The van der Waals surface area contributed by atoms with Crippen molar-refractivity contribution in [2.75, 3.05) is 12.4 Å². The first-order chi connectivity index (χ1) is 13.0. The molecule has 0 aliphatic carbocycles. The first kappa shape index (κ1) is 18.1. The number of benzene rings is 2. The zero-order valence-corrected chi connectivity index (χ0v) is 14.1. The quantitative estimate of drug-likeness (QED) is 0.689. The number of hydrogen-bond acceptors (Lipinski definition) is 6. The van der Waals surface area contributed by atoms with Crippen LogP contribution in [0.25, 0.3) is 11.5 Å². The second-order valence-corrected chi connectivity index (χ2v) is 5.45. The Balaban J connectivity index is 1.68. The van der Waals surface area contributed by atoms with Gasteiger partial charge in [-0.25, -0.2) is 14.0 Å². The zero-order chi connectivity index (χ0) is 19.4. The molecule has 0 radical (unpaired) electrons. The minimum atomic E-state index is -0.814. The van der Waals surface area contributed by atoms with Crippen molar-refractivity contribution in [3.63, 3.8) is 0 Å². The Hall–Kier alpha value is -3.75. The van der Waals surface area contributed by atoms with Crippen molar-refractivity contribution in [2.45, 2.75) is 6.54 Å². The number of nitrogens with zero attached hydrogens (tertiary/aromatic N) is 2. The predicted molar refractivity (Wildman–Crippen MR) is 92.6 cm³/mol. The highest BCUT2D eigenvalue weighted by Crippen LogP contribution is 2.15. The average Bonchev–Trinajstić information content (AvgIpc) is 3.02. The van der Waals surface area contributed by atoms with E-state index in [0.717, 1.165) is 4.68 Å². The molecule has 8 nitrogen and oxygen atoms in total. The van der Waals surface area contributed by atoms with Crippen molar-refractivity contribution in [1.29, 1.82) is 0 Å². The number of halogens is 1. The number of rotatable bonds is 5. The topological polar surface area (TPSA) is 103 Å². The minimum Gasteiger partial charge on any atom is -0.465 e. The first-order valence-electron chi connectivity index (χ1n) is 7.78. The van der Waals surface area contributed by atoms with Gasteiger partial charge in [-0.05, 0) is 48.5 Å². The van der Waals surface area contributed by atoms with Crippen molar-refractivity contribution in [1.82, 2.24) is 9.78 Å². The van der Waals surface area contributed by atoms with E-state index in [2.05, 4.69) is 15.2 Å². The molecule has 0 atom stereocenters. The molecule has 0 saturated carbocycles. The lowest BCUT2D eigenvalue weighted by atomic mass is 10.2. The van der Waals surface area contributed by atoms with Gasteiger partial charge >= 0.3 is 11.7 Å². The number of nitrogens with one attached hydrogen (secondary N) is 1. The molecule has 0 aliphatic rings. The molecule has 3 rings (SSSR count). The number of methoxy groups -OCH3 is 1. The maximum Gasteiger partial charge on any atom is 0.437 e. The minimum absolute atomic E-state index is 0.0183. The van der Waals surface area contributed by atoms with Crippen LogP contribution in [0, 0.1) is 5.82 Å². The number of carbonyl (C=O) groups is 2. The molecule has 27 heavy (non-hydrogen) atoms. The third-order valence-corrected chi connectivity index (χ3v) is 3.58. The molecule has 3 aromatic rings. The van der Waals surface area contributed by atoms with Gasteiger partial charge in [0.1, 0.15) is 12.4 Å². The molecule has 9 heteroatoms.